The average molecular weight is 432 g/mol. The summed E-state index contributed by atoms with van der Waals surface area (Å²) in [6, 6.07) is 26.3. The predicted octanol–water partition coefficient (Wildman–Crippen LogP) is 4.66. The highest BCUT2D eigenvalue weighted by molar-refractivity contribution is 5.74. The standard InChI is InChI=1S/C27H29NO4/c1-30-25-14-13-22(15-26(25)32-19-21-11-7-4-8-12-21)23-17-28(18-24(23)27(29)31-2)16-20-9-5-3-6-10-20/h3-15,23-24H,16-19H2,1-2H3/t23-,24+/m0/s1. The number of esters is 1. The number of methoxy groups -OCH3 is 2. The van der Waals surface area contributed by atoms with E-state index in [1.54, 1.807) is 7.11 Å². The van der Waals surface area contributed by atoms with Crippen molar-refractivity contribution in [1.82, 2.24) is 4.90 Å². The third-order valence-corrected chi connectivity index (χ3v) is 6.00. The minimum absolute atomic E-state index is 0.0242. The molecule has 0 spiro atoms. The fourth-order valence-electron chi connectivity index (χ4n) is 4.36. The molecule has 0 unspecified atom stereocenters. The van der Waals surface area contributed by atoms with E-state index >= 15 is 0 Å². The molecule has 1 heterocycles. The van der Waals surface area contributed by atoms with Crippen LogP contribution in [0.5, 0.6) is 11.5 Å². The third-order valence-electron chi connectivity index (χ3n) is 6.00. The molecule has 166 valence electrons. The summed E-state index contributed by atoms with van der Waals surface area (Å²) in [6.07, 6.45) is 0. The van der Waals surface area contributed by atoms with Gasteiger partial charge in [-0.2, -0.15) is 0 Å². The zero-order chi connectivity index (χ0) is 22.3. The van der Waals surface area contributed by atoms with Gasteiger partial charge in [0.2, 0.25) is 0 Å². The molecule has 0 aliphatic carbocycles. The molecule has 0 radical (unpaired) electrons. The van der Waals surface area contributed by atoms with E-state index in [0.29, 0.717) is 24.7 Å². The predicted molar refractivity (Wildman–Crippen MR) is 124 cm³/mol. The molecule has 1 aliphatic heterocycles. The van der Waals surface area contributed by atoms with Gasteiger partial charge in [-0.1, -0.05) is 66.7 Å². The molecule has 5 heteroatoms. The highest BCUT2D eigenvalue weighted by atomic mass is 16.5. The van der Waals surface area contributed by atoms with E-state index in [9.17, 15) is 4.79 Å². The van der Waals surface area contributed by atoms with Crippen LogP contribution in [-0.4, -0.2) is 38.2 Å². The zero-order valence-electron chi connectivity index (χ0n) is 18.6. The van der Waals surface area contributed by atoms with Gasteiger partial charge >= 0.3 is 5.97 Å². The minimum Gasteiger partial charge on any atom is -0.493 e. The summed E-state index contributed by atoms with van der Waals surface area (Å²) in [6.45, 7) is 2.70. The molecule has 0 aromatic heterocycles. The zero-order valence-corrected chi connectivity index (χ0v) is 18.6. The van der Waals surface area contributed by atoms with E-state index in [2.05, 4.69) is 17.0 Å². The van der Waals surface area contributed by atoms with Gasteiger partial charge in [-0.25, -0.2) is 0 Å². The summed E-state index contributed by atoms with van der Waals surface area (Å²) in [5, 5.41) is 0. The van der Waals surface area contributed by atoms with Gasteiger partial charge in [0.25, 0.3) is 0 Å². The normalized spacial score (nSPS) is 18.3. The largest absolute Gasteiger partial charge is 0.493 e. The second kappa shape index (κ2) is 10.3. The molecule has 3 aromatic carbocycles. The van der Waals surface area contributed by atoms with Gasteiger partial charge < -0.3 is 14.2 Å². The van der Waals surface area contributed by atoms with E-state index in [0.717, 1.165) is 24.2 Å². The van der Waals surface area contributed by atoms with Crippen LogP contribution in [0.2, 0.25) is 0 Å². The molecule has 1 fully saturated rings. The van der Waals surface area contributed by atoms with Crippen LogP contribution in [0.3, 0.4) is 0 Å². The molecular weight excluding hydrogens is 402 g/mol. The first kappa shape index (κ1) is 21.9. The Kier molecular flexibility index (Phi) is 7.07. The Balaban J connectivity index is 1.55. The molecule has 1 aliphatic rings. The van der Waals surface area contributed by atoms with Crippen LogP contribution in [0, 0.1) is 5.92 Å². The van der Waals surface area contributed by atoms with Crippen molar-refractivity contribution in [3.63, 3.8) is 0 Å². The van der Waals surface area contributed by atoms with Crippen molar-refractivity contribution in [3.8, 4) is 11.5 Å². The van der Waals surface area contributed by atoms with Crippen LogP contribution in [0.15, 0.2) is 78.9 Å². The van der Waals surface area contributed by atoms with Crippen molar-refractivity contribution in [1.29, 1.82) is 0 Å². The van der Waals surface area contributed by atoms with Gasteiger partial charge in [-0.05, 0) is 28.8 Å². The number of ether oxygens (including phenoxy) is 3. The number of hydrogen-bond acceptors (Lipinski definition) is 5. The van der Waals surface area contributed by atoms with Gasteiger partial charge in [-0.15, -0.1) is 0 Å². The van der Waals surface area contributed by atoms with Crippen molar-refractivity contribution in [2.24, 2.45) is 5.92 Å². The Morgan fingerprint density at radius 1 is 0.875 bits per heavy atom. The quantitative estimate of drug-likeness (QED) is 0.486. The Labute approximate surface area is 189 Å². The smallest absolute Gasteiger partial charge is 0.310 e. The molecule has 32 heavy (non-hydrogen) atoms. The van der Waals surface area contributed by atoms with Crippen molar-refractivity contribution < 1.29 is 19.0 Å². The van der Waals surface area contributed by atoms with Gasteiger partial charge in [0.05, 0.1) is 20.1 Å². The lowest BCUT2D eigenvalue weighted by atomic mass is 9.89. The van der Waals surface area contributed by atoms with Gasteiger partial charge in [0.15, 0.2) is 11.5 Å². The maximum absolute atomic E-state index is 12.6. The number of benzene rings is 3. The van der Waals surface area contributed by atoms with E-state index < -0.39 is 0 Å². The Hall–Kier alpha value is -3.31. The fraction of sp³-hybridized carbons (Fsp3) is 0.296. The van der Waals surface area contributed by atoms with Crippen LogP contribution in [-0.2, 0) is 22.7 Å². The summed E-state index contributed by atoms with van der Waals surface area (Å²) < 4.78 is 16.8. The molecule has 4 rings (SSSR count). The number of hydrogen-bond donors (Lipinski definition) is 0. The second-order valence-corrected chi connectivity index (χ2v) is 8.10. The average Bonchev–Trinajstić information content (AvgIpc) is 3.27. The minimum atomic E-state index is -0.223. The van der Waals surface area contributed by atoms with E-state index in [1.165, 1.54) is 12.7 Å². The first-order valence-electron chi connectivity index (χ1n) is 10.9. The molecular formula is C27H29NO4. The summed E-state index contributed by atoms with van der Waals surface area (Å²) in [4.78, 5) is 14.9. The Morgan fingerprint density at radius 2 is 1.56 bits per heavy atom. The fourth-order valence-corrected chi connectivity index (χ4v) is 4.36. The lowest BCUT2D eigenvalue weighted by Gasteiger charge is -2.19. The molecule has 0 N–H and O–H groups in total. The summed E-state index contributed by atoms with van der Waals surface area (Å²) in [7, 11) is 3.10. The first-order chi connectivity index (χ1) is 15.7. The number of carbonyl (C=O) groups excluding carboxylic acids is 1. The molecule has 5 nitrogen and oxygen atoms in total. The monoisotopic (exact) mass is 431 g/mol. The molecule has 0 amide bonds. The molecule has 2 atom stereocenters. The van der Waals surface area contributed by atoms with Crippen molar-refractivity contribution in [2.75, 3.05) is 27.3 Å². The summed E-state index contributed by atoms with van der Waals surface area (Å²) >= 11 is 0. The molecule has 1 saturated heterocycles. The van der Waals surface area contributed by atoms with Crippen molar-refractivity contribution in [3.05, 3.63) is 95.6 Å². The lowest BCUT2D eigenvalue weighted by Crippen LogP contribution is -2.24. The number of nitrogens with zero attached hydrogens (tertiary/aromatic N) is 1. The Bertz CT molecular complexity index is 1020. The first-order valence-corrected chi connectivity index (χ1v) is 10.9. The van der Waals surface area contributed by atoms with Gasteiger partial charge in [0, 0.05) is 25.6 Å². The summed E-state index contributed by atoms with van der Waals surface area (Å²) in [5.74, 6) is 0.987. The van der Waals surface area contributed by atoms with Crippen LogP contribution in [0.1, 0.15) is 22.6 Å². The lowest BCUT2D eigenvalue weighted by molar-refractivity contribution is -0.145. The third kappa shape index (κ3) is 5.11. The van der Waals surface area contributed by atoms with E-state index in [-0.39, 0.29) is 17.8 Å². The SMILES string of the molecule is COC(=O)[C@@H]1CN(Cc2ccccc2)C[C@H]1c1ccc(OC)c(OCc2ccccc2)c1. The number of carbonyl (C=O) groups is 1. The highest BCUT2D eigenvalue weighted by Crippen LogP contribution is 2.38. The second-order valence-electron chi connectivity index (χ2n) is 8.10. The molecule has 0 bridgehead atoms. The van der Waals surface area contributed by atoms with E-state index in [1.807, 2.05) is 66.7 Å². The molecule has 3 aromatic rings. The van der Waals surface area contributed by atoms with Crippen LogP contribution in [0.25, 0.3) is 0 Å². The van der Waals surface area contributed by atoms with Gasteiger partial charge in [0.1, 0.15) is 6.61 Å². The van der Waals surface area contributed by atoms with Crippen LogP contribution >= 0.6 is 0 Å². The van der Waals surface area contributed by atoms with Crippen LogP contribution in [0.4, 0.5) is 0 Å². The number of rotatable bonds is 8. The van der Waals surface area contributed by atoms with Crippen molar-refractivity contribution >= 4 is 5.97 Å². The van der Waals surface area contributed by atoms with Crippen LogP contribution < -0.4 is 9.47 Å². The summed E-state index contributed by atoms with van der Waals surface area (Å²) in [5.41, 5.74) is 3.38. The Morgan fingerprint density at radius 3 is 2.22 bits per heavy atom. The topological polar surface area (TPSA) is 48.0 Å². The highest BCUT2D eigenvalue weighted by Gasteiger charge is 2.39. The number of likely N-dealkylation sites (tertiary alicyclic amines) is 1. The van der Waals surface area contributed by atoms with Crippen molar-refractivity contribution in [2.45, 2.75) is 19.1 Å². The maximum atomic E-state index is 12.6. The van der Waals surface area contributed by atoms with E-state index in [4.69, 9.17) is 14.2 Å². The maximum Gasteiger partial charge on any atom is 0.310 e. The molecule has 0 saturated carbocycles. The van der Waals surface area contributed by atoms with Gasteiger partial charge in [-0.3, -0.25) is 9.69 Å².